The highest BCUT2D eigenvalue weighted by atomic mass is 19.1. The molecule has 0 bridgehead atoms. The molecule has 0 radical (unpaired) electrons. The van der Waals surface area contributed by atoms with Gasteiger partial charge < -0.3 is 5.73 Å². The summed E-state index contributed by atoms with van der Waals surface area (Å²) in [5, 5.41) is 4.41. The highest BCUT2D eigenvalue weighted by molar-refractivity contribution is 5.28. The van der Waals surface area contributed by atoms with Gasteiger partial charge >= 0.3 is 0 Å². The molecular weight excluding hydrogens is 241 g/mol. The molecular formula is C15H20FN3. The van der Waals surface area contributed by atoms with Crippen molar-refractivity contribution in [1.82, 2.24) is 9.78 Å². The Kier molecular flexibility index (Phi) is 4.00. The number of halogens is 1. The molecule has 0 aliphatic rings. The molecule has 1 unspecified atom stereocenters. The lowest BCUT2D eigenvalue weighted by molar-refractivity contribution is 0.607. The lowest BCUT2D eigenvalue weighted by Crippen LogP contribution is -2.17. The van der Waals surface area contributed by atoms with E-state index in [1.807, 2.05) is 30.8 Å². The first-order valence-corrected chi connectivity index (χ1v) is 6.54. The summed E-state index contributed by atoms with van der Waals surface area (Å²) in [4.78, 5) is 0. The molecule has 1 aromatic heterocycles. The summed E-state index contributed by atoms with van der Waals surface area (Å²) < 4.78 is 14.9. The van der Waals surface area contributed by atoms with E-state index in [1.165, 1.54) is 6.07 Å². The Morgan fingerprint density at radius 3 is 2.68 bits per heavy atom. The Labute approximate surface area is 113 Å². The van der Waals surface area contributed by atoms with E-state index in [2.05, 4.69) is 12.0 Å². The van der Waals surface area contributed by atoms with E-state index in [-0.39, 0.29) is 11.9 Å². The summed E-state index contributed by atoms with van der Waals surface area (Å²) in [5.74, 6) is -0.205. The van der Waals surface area contributed by atoms with Crippen molar-refractivity contribution < 1.29 is 4.39 Å². The van der Waals surface area contributed by atoms with Crippen LogP contribution >= 0.6 is 0 Å². The fraction of sp³-hybridized carbons (Fsp3) is 0.400. The number of hydrogen-bond donors (Lipinski definition) is 1. The van der Waals surface area contributed by atoms with Gasteiger partial charge in [-0.05, 0) is 49.1 Å². The molecule has 19 heavy (non-hydrogen) atoms. The van der Waals surface area contributed by atoms with Crippen molar-refractivity contribution in [3.63, 3.8) is 0 Å². The number of hydrogen-bond acceptors (Lipinski definition) is 2. The van der Waals surface area contributed by atoms with Gasteiger partial charge in [0.2, 0.25) is 0 Å². The van der Waals surface area contributed by atoms with E-state index in [0.29, 0.717) is 6.42 Å². The van der Waals surface area contributed by atoms with Crippen molar-refractivity contribution >= 4 is 0 Å². The minimum Gasteiger partial charge on any atom is -0.322 e. The van der Waals surface area contributed by atoms with Crippen LogP contribution in [-0.4, -0.2) is 9.78 Å². The van der Waals surface area contributed by atoms with E-state index in [9.17, 15) is 4.39 Å². The van der Waals surface area contributed by atoms with Crippen LogP contribution in [0.2, 0.25) is 0 Å². The summed E-state index contributed by atoms with van der Waals surface area (Å²) in [6, 6.07) is 6.76. The molecule has 0 aliphatic heterocycles. The van der Waals surface area contributed by atoms with Crippen molar-refractivity contribution in [2.45, 2.75) is 32.7 Å². The molecule has 4 heteroatoms. The van der Waals surface area contributed by atoms with Crippen LogP contribution in [0.15, 0.2) is 24.3 Å². The second kappa shape index (κ2) is 5.53. The molecule has 2 N–H and O–H groups in total. The van der Waals surface area contributed by atoms with Gasteiger partial charge in [-0.15, -0.1) is 0 Å². The van der Waals surface area contributed by atoms with E-state index in [0.717, 1.165) is 28.9 Å². The van der Waals surface area contributed by atoms with Crippen LogP contribution in [0.4, 0.5) is 4.39 Å². The van der Waals surface area contributed by atoms with Gasteiger partial charge in [-0.2, -0.15) is 5.10 Å². The van der Waals surface area contributed by atoms with Gasteiger partial charge in [0.05, 0.1) is 17.4 Å². The van der Waals surface area contributed by atoms with E-state index < -0.39 is 0 Å². The summed E-state index contributed by atoms with van der Waals surface area (Å²) in [6.07, 6.45) is 1.59. The van der Waals surface area contributed by atoms with E-state index >= 15 is 0 Å². The number of rotatable bonds is 4. The minimum atomic E-state index is -0.205. The molecule has 3 nitrogen and oxygen atoms in total. The fourth-order valence-electron chi connectivity index (χ4n) is 2.29. The zero-order valence-electron chi connectivity index (χ0n) is 11.7. The van der Waals surface area contributed by atoms with Gasteiger partial charge in [0.25, 0.3) is 0 Å². The van der Waals surface area contributed by atoms with Crippen LogP contribution in [0.3, 0.4) is 0 Å². The van der Waals surface area contributed by atoms with Crippen molar-refractivity contribution in [1.29, 1.82) is 0 Å². The lowest BCUT2D eigenvalue weighted by atomic mass is 9.99. The average molecular weight is 261 g/mol. The molecule has 0 amide bonds. The zero-order valence-corrected chi connectivity index (χ0v) is 11.7. The molecule has 1 atom stereocenters. The van der Waals surface area contributed by atoms with Crippen molar-refractivity contribution in [3.8, 4) is 0 Å². The number of benzene rings is 1. The molecule has 0 saturated heterocycles. The van der Waals surface area contributed by atoms with Crippen LogP contribution in [0.1, 0.15) is 35.5 Å². The summed E-state index contributed by atoms with van der Waals surface area (Å²) >= 11 is 0. The smallest absolute Gasteiger partial charge is 0.123 e. The Morgan fingerprint density at radius 1 is 1.37 bits per heavy atom. The van der Waals surface area contributed by atoms with Crippen LogP contribution in [0.5, 0.6) is 0 Å². The third-order valence-corrected chi connectivity index (χ3v) is 3.45. The molecule has 102 valence electrons. The second-order valence-corrected chi connectivity index (χ2v) is 4.92. The van der Waals surface area contributed by atoms with Crippen molar-refractivity contribution in [2.75, 3.05) is 0 Å². The lowest BCUT2D eigenvalue weighted by Gasteiger charge is -2.13. The number of nitrogens with two attached hydrogens (primary N) is 1. The molecule has 2 rings (SSSR count). The average Bonchev–Trinajstić information content (AvgIpc) is 2.74. The maximum atomic E-state index is 13.1. The Bertz CT molecular complexity index is 575. The van der Waals surface area contributed by atoms with Gasteiger partial charge in [0.1, 0.15) is 5.82 Å². The maximum absolute atomic E-state index is 13.1. The second-order valence-electron chi connectivity index (χ2n) is 4.92. The molecule has 0 fully saturated rings. The number of nitrogens with zero attached hydrogens (tertiary/aromatic N) is 2. The predicted octanol–water partition coefficient (Wildman–Crippen LogP) is 2.67. The van der Waals surface area contributed by atoms with Gasteiger partial charge in [0, 0.05) is 7.05 Å². The van der Waals surface area contributed by atoms with Gasteiger partial charge in [0.15, 0.2) is 0 Å². The zero-order chi connectivity index (χ0) is 14.0. The van der Waals surface area contributed by atoms with Crippen molar-refractivity contribution in [3.05, 3.63) is 52.6 Å². The van der Waals surface area contributed by atoms with Crippen LogP contribution in [0.25, 0.3) is 0 Å². The monoisotopic (exact) mass is 261 g/mol. The molecule has 2 aromatic rings. The number of aryl methyl sites for hydroxylation is 3. The topological polar surface area (TPSA) is 43.8 Å². The number of aromatic nitrogens is 2. The summed E-state index contributed by atoms with van der Waals surface area (Å²) in [5.41, 5.74) is 10.3. The SMILES string of the molecule is CCc1cc(C(N)Cc2ccc(F)cc2C)n(C)n1. The summed E-state index contributed by atoms with van der Waals surface area (Å²) in [6.45, 7) is 3.98. The molecule has 0 saturated carbocycles. The highest BCUT2D eigenvalue weighted by Gasteiger charge is 2.14. The van der Waals surface area contributed by atoms with Crippen LogP contribution < -0.4 is 5.73 Å². The first-order chi connectivity index (χ1) is 9.01. The fourth-order valence-corrected chi connectivity index (χ4v) is 2.29. The molecule has 0 spiro atoms. The van der Waals surface area contributed by atoms with E-state index in [1.54, 1.807) is 6.07 Å². The largest absolute Gasteiger partial charge is 0.322 e. The van der Waals surface area contributed by atoms with Crippen molar-refractivity contribution in [2.24, 2.45) is 12.8 Å². The molecule has 1 aromatic carbocycles. The Hall–Kier alpha value is -1.68. The van der Waals surface area contributed by atoms with Gasteiger partial charge in [-0.25, -0.2) is 4.39 Å². The molecule has 1 heterocycles. The van der Waals surface area contributed by atoms with Gasteiger partial charge in [-0.3, -0.25) is 4.68 Å². The van der Waals surface area contributed by atoms with E-state index in [4.69, 9.17) is 5.73 Å². The first kappa shape index (κ1) is 13.7. The predicted molar refractivity (Wildman–Crippen MR) is 74.4 cm³/mol. The van der Waals surface area contributed by atoms with Crippen LogP contribution in [0, 0.1) is 12.7 Å². The van der Waals surface area contributed by atoms with Gasteiger partial charge in [-0.1, -0.05) is 13.0 Å². The summed E-state index contributed by atoms with van der Waals surface area (Å²) in [7, 11) is 1.91. The Morgan fingerprint density at radius 2 is 2.11 bits per heavy atom. The molecule has 0 aliphatic carbocycles. The normalized spacial score (nSPS) is 12.7. The Balaban J connectivity index is 2.20. The first-order valence-electron chi connectivity index (χ1n) is 6.54. The minimum absolute atomic E-state index is 0.123. The standard InChI is InChI=1S/C15H20FN3/c1-4-13-9-15(19(3)18-13)14(17)8-11-5-6-12(16)7-10(11)2/h5-7,9,14H,4,8,17H2,1-3H3. The highest BCUT2D eigenvalue weighted by Crippen LogP contribution is 2.20. The quantitative estimate of drug-likeness (QED) is 0.919. The maximum Gasteiger partial charge on any atom is 0.123 e. The third kappa shape index (κ3) is 3.01. The van der Waals surface area contributed by atoms with Crippen LogP contribution in [-0.2, 0) is 19.9 Å². The third-order valence-electron chi connectivity index (χ3n) is 3.45.